The van der Waals surface area contributed by atoms with E-state index in [2.05, 4.69) is 4.98 Å². The van der Waals surface area contributed by atoms with E-state index in [0.29, 0.717) is 5.69 Å². The summed E-state index contributed by atoms with van der Waals surface area (Å²) in [5, 5.41) is 9.65. The van der Waals surface area contributed by atoms with Crippen molar-refractivity contribution in [3.05, 3.63) is 29.8 Å². The average molecular weight is 324 g/mol. The van der Waals surface area contributed by atoms with Crippen molar-refractivity contribution in [3.8, 4) is 0 Å². The van der Waals surface area contributed by atoms with Gasteiger partial charge in [-0.3, -0.25) is 9.78 Å². The van der Waals surface area contributed by atoms with E-state index >= 15 is 0 Å². The highest BCUT2D eigenvalue weighted by atomic mass is 19.1. The quantitative estimate of drug-likeness (QED) is 0.904. The van der Waals surface area contributed by atoms with Crippen LogP contribution in [0.5, 0.6) is 0 Å². The Bertz CT molecular complexity index is 587. The maximum Gasteiger partial charge on any atom is 0.410 e. The second-order valence-corrected chi connectivity index (χ2v) is 6.72. The molecular formula is C16H21FN2O4. The van der Waals surface area contributed by atoms with Crippen LogP contribution in [0.4, 0.5) is 9.18 Å². The summed E-state index contributed by atoms with van der Waals surface area (Å²) in [5.41, 5.74) is -1.49. The van der Waals surface area contributed by atoms with Crippen molar-refractivity contribution in [1.82, 2.24) is 9.88 Å². The molecule has 0 bridgehead atoms. The van der Waals surface area contributed by atoms with Crippen LogP contribution in [0.25, 0.3) is 0 Å². The number of aromatic nitrogens is 1. The molecule has 1 N–H and O–H groups in total. The van der Waals surface area contributed by atoms with Gasteiger partial charge in [0.15, 0.2) is 0 Å². The van der Waals surface area contributed by atoms with Crippen LogP contribution in [0.15, 0.2) is 18.3 Å². The Labute approximate surface area is 134 Å². The molecule has 126 valence electrons. The molecular weight excluding hydrogens is 303 g/mol. The van der Waals surface area contributed by atoms with Crippen LogP contribution < -0.4 is 0 Å². The third-order valence-corrected chi connectivity index (χ3v) is 3.90. The largest absolute Gasteiger partial charge is 0.481 e. The lowest BCUT2D eigenvalue weighted by molar-refractivity contribution is -0.146. The van der Waals surface area contributed by atoms with E-state index in [0.717, 1.165) is 6.20 Å². The molecule has 1 fully saturated rings. The first kappa shape index (κ1) is 17.2. The number of carbonyl (C=O) groups is 2. The van der Waals surface area contributed by atoms with Crippen molar-refractivity contribution in [3.63, 3.8) is 0 Å². The zero-order chi connectivity index (χ0) is 17.3. The fourth-order valence-corrected chi connectivity index (χ4v) is 2.64. The first-order chi connectivity index (χ1) is 10.6. The van der Waals surface area contributed by atoms with Crippen molar-refractivity contribution in [2.24, 2.45) is 0 Å². The molecule has 0 radical (unpaired) electrons. The highest BCUT2D eigenvalue weighted by Crippen LogP contribution is 2.35. The molecule has 1 saturated heterocycles. The molecule has 0 aromatic carbocycles. The summed E-state index contributed by atoms with van der Waals surface area (Å²) in [6.07, 6.45) is 0.976. The maximum absolute atomic E-state index is 13.0. The summed E-state index contributed by atoms with van der Waals surface area (Å²) >= 11 is 0. The van der Waals surface area contributed by atoms with Gasteiger partial charge in [0.25, 0.3) is 0 Å². The Kier molecular flexibility index (Phi) is 4.58. The number of hydrogen-bond donors (Lipinski definition) is 1. The lowest BCUT2D eigenvalue weighted by Gasteiger charge is -2.38. The minimum Gasteiger partial charge on any atom is -0.481 e. The summed E-state index contributed by atoms with van der Waals surface area (Å²) in [4.78, 5) is 29.3. The molecule has 0 saturated carbocycles. The van der Waals surface area contributed by atoms with Crippen LogP contribution in [0.3, 0.4) is 0 Å². The molecule has 1 aromatic heterocycles. The lowest BCUT2D eigenvalue weighted by atomic mass is 9.75. The summed E-state index contributed by atoms with van der Waals surface area (Å²) in [6.45, 7) is 5.83. The number of hydrogen-bond acceptors (Lipinski definition) is 4. The van der Waals surface area contributed by atoms with Gasteiger partial charge in [-0.05, 0) is 45.7 Å². The topological polar surface area (TPSA) is 79.7 Å². The van der Waals surface area contributed by atoms with Crippen molar-refractivity contribution in [2.45, 2.75) is 44.6 Å². The van der Waals surface area contributed by atoms with Crippen LogP contribution in [0.1, 0.15) is 39.3 Å². The molecule has 2 heterocycles. The molecule has 6 nitrogen and oxygen atoms in total. The van der Waals surface area contributed by atoms with E-state index in [1.165, 1.54) is 17.0 Å². The van der Waals surface area contributed by atoms with Gasteiger partial charge in [-0.15, -0.1) is 0 Å². The van der Waals surface area contributed by atoms with Gasteiger partial charge in [-0.1, -0.05) is 0 Å². The Morgan fingerprint density at radius 3 is 2.35 bits per heavy atom. The smallest absolute Gasteiger partial charge is 0.410 e. The number of amides is 1. The van der Waals surface area contributed by atoms with Gasteiger partial charge in [-0.2, -0.15) is 0 Å². The first-order valence-corrected chi connectivity index (χ1v) is 7.47. The summed E-state index contributed by atoms with van der Waals surface area (Å²) in [5.74, 6) is -1.53. The third-order valence-electron chi connectivity index (χ3n) is 3.90. The van der Waals surface area contributed by atoms with Crippen LogP contribution in [0.2, 0.25) is 0 Å². The van der Waals surface area contributed by atoms with E-state index in [4.69, 9.17) is 4.74 Å². The van der Waals surface area contributed by atoms with E-state index in [9.17, 15) is 19.1 Å². The van der Waals surface area contributed by atoms with E-state index in [1.54, 1.807) is 20.8 Å². The summed E-state index contributed by atoms with van der Waals surface area (Å²) < 4.78 is 18.3. The van der Waals surface area contributed by atoms with Gasteiger partial charge in [-0.25, -0.2) is 9.18 Å². The number of halogens is 1. The molecule has 0 aliphatic carbocycles. The van der Waals surface area contributed by atoms with Crippen molar-refractivity contribution < 1.29 is 23.8 Å². The minimum atomic E-state index is -1.20. The molecule has 1 aliphatic rings. The van der Waals surface area contributed by atoms with Gasteiger partial charge in [0.1, 0.15) is 16.8 Å². The lowest BCUT2D eigenvalue weighted by Crippen LogP contribution is -2.50. The molecule has 1 aliphatic heterocycles. The van der Waals surface area contributed by atoms with Crippen molar-refractivity contribution >= 4 is 12.1 Å². The standard InChI is InChI=1S/C16H21FN2O4/c1-15(2,3)23-14(22)19-8-6-16(7-9-19,13(20)21)12-5-4-11(17)10-18-12/h4-5,10H,6-9H2,1-3H3,(H,20,21). The number of nitrogens with zero attached hydrogens (tertiary/aromatic N) is 2. The average Bonchev–Trinajstić information content (AvgIpc) is 2.46. The predicted molar refractivity (Wildman–Crippen MR) is 80.5 cm³/mol. The van der Waals surface area contributed by atoms with Crippen molar-refractivity contribution in [1.29, 1.82) is 0 Å². The zero-order valence-corrected chi connectivity index (χ0v) is 13.5. The highest BCUT2D eigenvalue weighted by molar-refractivity contribution is 5.81. The minimum absolute atomic E-state index is 0.209. The number of carboxylic acid groups (broad SMARTS) is 1. The molecule has 23 heavy (non-hydrogen) atoms. The van der Waals surface area contributed by atoms with Gasteiger partial charge >= 0.3 is 12.1 Å². The molecule has 0 unspecified atom stereocenters. The molecule has 0 spiro atoms. The Hall–Kier alpha value is -2.18. The highest BCUT2D eigenvalue weighted by Gasteiger charge is 2.45. The van der Waals surface area contributed by atoms with E-state index < -0.39 is 28.9 Å². The number of piperidine rings is 1. The summed E-state index contributed by atoms with van der Waals surface area (Å²) in [6, 6.07) is 2.60. The molecule has 7 heteroatoms. The second kappa shape index (κ2) is 6.14. The van der Waals surface area contributed by atoms with Gasteiger partial charge in [0.2, 0.25) is 0 Å². The number of rotatable bonds is 2. The second-order valence-electron chi connectivity index (χ2n) is 6.72. The summed E-state index contributed by atoms with van der Waals surface area (Å²) in [7, 11) is 0. The van der Waals surface area contributed by atoms with Crippen molar-refractivity contribution in [2.75, 3.05) is 13.1 Å². The van der Waals surface area contributed by atoms with Crippen LogP contribution in [-0.2, 0) is 14.9 Å². The molecule has 0 atom stereocenters. The fraction of sp³-hybridized carbons (Fsp3) is 0.562. The third kappa shape index (κ3) is 3.78. The monoisotopic (exact) mass is 324 g/mol. The van der Waals surface area contributed by atoms with Gasteiger partial charge < -0.3 is 14.7 Å². The van der Waals surface area contributed by atoms with Crippen LogP contribution in [0, 0.1) is 5.82 Å². The molecule has 1 aromatic rings. The maximum atomic E-state index is 13.0. The Morgan fingerprint density at radius 2 is 1.91 bits per heavy atom. The normalized spacial score (nSPS) is 17.7. The molecule has 1 amide bonds. The number of carboxylic acids is 1. The van der Waals surface area contributed by atoms with Crippen LogP contribution in [-0.4, -0.2) is 45.7 Å². The number of ether oxygens (including phenoxy) is 1. The molecule has 2 rings (SSSR count). The fourth-order valence-electron chi connectivity index (χ4n) is 2.64. The van der Waals surface area contributed by atoms with E-state index in [-0.39, 0.29) is 25.9 Å². The number of likely N-dealkylation sites (tertiary alicyclic amines) is 1. The number of pyridine rings is 1. The predicted octanol–water partition coefficient (Wildman–Crippen LogP) is 2.57. The zero-order valence-electron chi connectivity index (χ0n) is 13.5. The number of aliphatic carboxylic acids is 1. The number of carbonyl (C=O) groups excluding carboxylic acids is 1. The van der Waals surface area contributed by atoms with Gasteiger partial charge in [0, 0.05) is 13.1 Å². The van der Waals surface area contributed by atoms with Crippen LogP contribution >= 0.6 is 0 Å². The van der Waals surface area contributed by atoms with Gasteiger partial charge in [0.05, 0.1) is 11.9 Å². The first-order valence-electron chi connectivity index (χ1n) is 7.47. The van der Waals surface area contributed by atoms with E-state index in [1.807, 2.05) is 0 Å². The SMILES string of the molecule is CC(C)(C)OC(=O)N1CCC(C(=O)O)(c2ccc(F)cn2)CC1. The Morgan fingerprint density at radius 1 is 1.30 bits per heavy atom. The Balaban J connectivity index is 2.14.